The maximum atomic E-state index is 2.27. The highest BCUT2D eigenvalue weighted by Gasteiger charge is 2.07. The third kappa shape index (κ3) is 1.92. The Kier molecular flexibility index (Phi) is 2.35. The second kappa shape index (κ2) is 3.65. The molecule has 0 unspecified atom stereocenters. The van der Waals surface area contributed by atoms with E-state index in [9.17, 15) is 0 Å². The topological polar surface area (TPSA) is 3.24 Å². The van der Waals surface area contributed by atoms with Gasteiger partial charge in [0.25, 0.3) is 0 Å². The number of hydrogen-bond acceptors (Lipinski definition) is 1. The Morgan fingerprint density at radius 2 is 1.92 bits per heavy atom. The van der Waals surface area contributed by atoms with Crippen LogP contribution in [0.15, 0.2) is 36.5 Å². The van der Waals surface area contributed by atoms with Gasteiger partial charge in [-0.2, -0.15) is 0 Å². The summed E-state index contributed by atoms with van der Waals surface area (Å²) in [5.74, 6) is 0. The van der Waals surface area contributed by atoms with Gasteiger partial charge >= 0.3 is 0 Å². The summed E-state index contributed by atoms with van der Waals surface area (Å²) in [5, 5.41) is 0. The smallest absolute Gasteiger partial charge is 0.0172 e. The monoisotopic (exact) mass is 173 g/mol. The lowest BCUT2D eigenvalue weighted by atomic mass is 10.00. The molecule has 13 heavy (non-hydrogen) atoms. The zero-order chi connectivity index (χ0) is 9.10. The van der Waals surface area contributed by atoms with E-state index in [4.69, 9.17) is 0 Å². The van der Waals surface area contributed by atoms with Crippen LogP contribution in [0.4, 0.5) is 0 Å². The normalized spacial score (nSPS) is 17.0. The van der Waals surface area contributed by atoms with Gasteiger partial charge in [0.1, 0.15) is 0 Å². The van der Waals surface area contributed by atoms with Crippen molar-refractivity contribution >= 4 is 5.57 Å². The number of hydrogen-bond donors (Lipinski definition) is 0. The lowest BCUT2D eigenvalue weighted by Gasteiger charge is -2.22. The van der Waals surface area contributed by atoms with Crippen molar-refractivity contribution in [3.05, 3.63) is 42.1 Å². The molecule has 0 radical (unpaired) electrons. The SMILES string of the molecule is CN1C=C(c2ccccc2)CCC1. The Labute approximate surface area is 79.7 Å². The van der Waals surface area contributed by atoms with Crippen LogP contribution in [0.5, 0.6) is 0 Å². The van der Waals surface area contributed by atoms with Crippen LogP contribution in [0.2, 0.25) is 0 Å². The highest BCUT2D eigenvalue weighted by molar-refractivity contribution is 5.65. The van der Waals surface area contributed by atoms with Crippen LogP contribution in [-0.4, -0.2) is 18.5 Å². The first-order chi connectivity index (χ1) is 6.36. The first-order valence-electron chi connectivity index (χ1n) is 4.82. The quantitative estimate of drug-likeness (QED) is 0.631. The van der Waals surface area contributed by atoms with Gasteiger partial charge in [-0.15, -0.1) is 0 Å². The molecule has 2 rings (SSSR count). The molecule has 1 aliphatic rings. The summed E-state index contributed by atoms with van der Waals surface area (Å²) >= 11 is 0. The molecule has 1 aromatic rings. The molecule has 1 heterocycles. The molecule has 0 spiro atoms. The minimum absolute atomic E-state index is 1.19. The summed E-state index contributed by atoms with van der Waals surface area (Å²) in [4.78, 5) is 2.27. The van der Waals surface area contributed by atoms with Crippen molar-refractivity contribution in [3.8, 4) is 0 Å². The van der Waals surface area contributed by atoms with E-state index in [1.807, 2.05) is 0 Å². The molecule has 68 valence electrons. The van der Waals surface area contributed by atoms with Gasteiger partial charge in [-0.1, -0.05) is 30.3 Å². The van der Waals surface area contributed by atoms with Gasteiger partial charge in [-0.05, 0) is 24.0 Å². The molecule has 0 amide bonds. The van der Waals surface area contributed by atoms with Gasteiger partial charge in [0.15, 0.2) is 0 Å². The van der Waals surface area contributed by atoms with Crippen LogP contribution < -0.4 is 0 Å². The molecular weight excluding hydrogens is 158 g/mol. The largest absolute Gasteiger partial charge is 0.380 e. The molecular formula is C12H15N. The third-order valence-electron chi connectivity index (χ3n) is 2.48. The molecule has 0 saturated heterocycles. The Morgan fingerprint density at radius 3 is 2.62 bits per heavy atom. The van der Waals surface area contributed by atoms with Crippen molar-refractivity contribution in [2.24, 2.45) is 0 Å². The molecule has 1 heteroatoms. The average molecular weight is 173 g/mol. The fourth-order valence-corrected chi connectivity index (χ4v) is 1.79. The summed E-state index contributed by atoms with van der Waals surface area (Å²) < 4.78 is 0. The van der Waals surface area contributed by atoms with Gasteiger partial charge in [0.05, 0.1) is 0 Å². The number of nitrogens with zero attached hydrogens (tertiary/aromatic N) is 1. The van der Waals surface area contributed by atoms with E-state index in [0.717, 1.165) is 0 Å². The van der Waals surface area contributed by atoms with E-state index >= 15 is 0 Å². The average Bonchev–Trinajstić information content (AvgIpc) is 2.19. The molecule has 1 nitrogen and oxygen atoms in total. The standard InChI is InChI=1S/C12H15N/c1-13-9-5-8-12(10-13)11-6-3-2-4-7-11/h2-4,6-7,10H,5,8-9H2,1H3. The lowest BCUT2D eigenvalue weighted by molar-refractivity contribution is 0.431. The van der Waals surface area contributed by atoms with Gasteiger partial charge in [-0.25, -0.2) is 0 Å². The van der Waals surface area contributed by atoms with Crippen LogP contribution in [0.1, 0.15) is 18.4 Å². The Hall–Kier alpha value is -1.24. The second-order valence-corrected chi connectivity index (χ2v) is 3.60. The third-order valence-corrected chi connectivity index (χ3v) is 2.48. The molecule has 0 atom stereocenters. The minimum Gasteiger partial charge on any atom is -0.380 e. The van der Waals surface area contributed by atoms with Crippen molar-refractivity contribution in [1.82, 2.24) is 4.90 Å². The Morgan fingerprint density at radius 1 is 1.15 bits per heavy atom. The highest BCUT2D eigenvalue weighted by atomic mass is 15.1. The van der Waals surface area contributed by atoms with Crippen LogP contribution in [0.3, 0.4) is 0 Å². The Balaban J connectivity index is 2.26. The van der Waals surface area contributed by atoms with E-state index in [1.165, 1.54) is 30.5 Å². The molecule has 1 aromatic carbocycles. The van der Waals surface area contributed by atoms with Crippen LogP contribution in [-0.2, 0) is 0 Å². The Bertz CT molecular complexity index is 300. The fraction of sp³-hybridized carbons (Fsp3) is 0.333. The van der Waals surface area contributed by atoms with E-state index in [2.05, 4.69) is 48.5 Å². The summed E-state index contributed by atoms with van der Waals surface area (Å²) in [6, 6.07) is 10.6. The number of benzene rings is 1. The zero-order valence-electron chi connectivity index (χ0n) is 8.03. The van der Waals surface area contributed by atoms with Crippen molar-refractivity contribution < 1.29 is 0 Å². The predicted octanol–water partition coefficient (Wildman–Crippen LogP) is 2.75. The second-order valence-electron chi connectivity index (χ2n) is 3.60. The summed E-state index contributed by atoms with van der Waals surface area (Å²) in [7, 11) is 2.14. The number of rotatable bonds is 1. The predicted molar refractivity (Wildman–Crippen MR) is 56.3 cm³/mol. The van der Waals surface area contributed by atoms with Gasteiger partial charge in [0.2, 0.25) is 0 Å². The van der Waals surface area contributed by atoms with Gasteiger partial charge in [0, 0.05) is 19.8 Å². The summed E-state index contributed by atoms with van der Waals surface area (Å²) in [6.45, 7) is 1.19. The van der Waals surface area contributed by atoms with Crippen LogP contribution >= 0.6 is 0 Å². The van der Waals surface area contributed by atoms with Crippen molar-refractivity contribution in [2.45, 2.75) is 12.8 Å². The molecule has 1 aliphatic heterocycles. The lowest BCUT2D eigenvalue weighted by Crippen LogP contribution is -2.17. The molecule has 0 N–H and O–H groups in total. The van der Waals surface area contributed by atoms with Gasteiger partial charge in [-0.3, -0.25) is 0 Å². The maximum absolute atomic E-state index is 2.27. The first kappa shape index (κ1) is 8.36. The maximum Gasteiger partial charge on any atom is 0.0172 e. The van der Waals surface area contributed by atoms with Crippen LogP contribution in [0, 0.1) is 0 Å². The molecule has 0 fully saturated rings. The van der Waals surface area contributed by atoms with Gasteiger partial charge < -0.3 is 4.90 Å². The van der Waals surface area contributed by atoms with E-state index in [-0.39, 0.29) is 0 Å². The summed E-state index contributed by atoms with van der Waals surface area (Å²) in [6.07, 6.45) is 4.75. The molecule has 0 aromatic heterocycles. The first-order valence-corrected chi connectivity index (χ1v) is 4.82. The van der Waals surface area contributed by atoms with E-state index in [0.29, 0.717) is 0 Å². The molecule has 0 saturated carbocycles. The molecule has 0 aliphatic carbocycles. The zero-order valence-corrected chi connectivity index (χ0v) is 8.03. The highest BCUT2D eigenvalue weighted by Crippen LogP contribution is 2.23. The van der Waals surface area contributed by atoms with Crippen molar-refractivity contribution in [1.29, 1.82) is 0 Å². The molecule has 0 bridgehead atoms. The summed E-state index contributed by atoms with van der Waals surface area (Å²) in [5.41, 5.74) is 2.84. The van der Waals surface area contributed by atoms with Crippen LogP contribution in [0.25, 0.3) is 5.57 Å². The van der Waals surface area contributed by atoms with Crippen molar-refractivity contribution in [2.75, 3.05) is 13.6 Å². The fourth-order valence-electron chi connectivity index (χ4n) is 1.79. The number of allylic oxidation sites excluding steroid dienone is 1. The van der Waals surface area contributed by atoms with E-state index in [1.54, 1.807) is 0 Å². The van der Waals surface area contributed by atoms with E-state index < -0.39 is 0 Å². The van der Waals surface area contributed by atoms with Crippen molar-refractivity contribution in [3.63, 3.8) is 0 Å². The minimum atomic E-state index is 1.19.